The van der Waals surface area contributed by atoms with Crippen molar-refractivity contribution in [3.05, 3.63) is 12.4 Å². The number of hydrogen-bond acceptors (Lipinski definition) is 5. The second kappa shape index (κ2) is 6.33. The predicted octanol–water partition coefficient (Wildman–Crippen LogP) is -0.203. The quantitative estimate of drug-likeness (QED) is 0.611. The summed E-state index contributed by atoms with van der Waals surface area (Å²) in [6, 6.07) is 0. The SMILES string of the molecule is CCC(C)(CO)NS(=O)(=O)c1cnn(CCC(=O)O)c1. The maximum atomic E-state index is 12.1. The lowest BCUT2D eigenvalue weighted by Gasteiger charge is -2.26. The highest BCUT2D eigenvalue weighted by molar-refractivity contribution is 7.89. The normalized spacial score (nSPS) is 14.9. The van der Waals surface area contributed by atoms with E-state index in [9.17, 15) is 18.3 Å². The number of aliphatic hydroxyl groups excluding tert-OH is 1. The van der Waals surface area contributed by atoms with Gasteiger partial charge in [-0.1, -0.05) is 6.92 Å². The van der Waals surface area contributed by atoms with Crippen molar-refractivity contribution in [2.75, 3.05) is 6.61 Å². The molecule has 0 aromatic carbocycles. The number of aryl methyl sites for hydroxylation is 1. The lowest BCUT2D eigenvalue weighted by Crippen LogP contribution is -2.48. The lowest BCUT2D eigenvalue weighted by molar-refractivity contribution is -0.137. The van der Waals surface area contributed by atoms with Gasteiger partial charge in [0.1, 0.15) is 4.90 Å². The first-order valence-electron chi connectivity index (χ1n) is 6.11. The monoisotopic (exact) mass is 305 g/mol. The van der Waals surface area contributed by atoms with Crippen molar-refractivity contribution in [2.45, 2.75) is 43.7 Å². The van der Waals surface area contributed by atoms with Gasteiger partial charge < -0.3 is 10.2 Å². The highest BCUT2D eigenvalue weighted by Gasteiger charge is 2.29. The number of carbonyl (C=O) groups is 1. The Kier molecular flexibility index (Phi) is 5.26. The van der Waals surface area contributed by atoms with Gasteiger partial charge in [-0.2, -0.15) is 5.10 Å². The van der Waals surface area contributed by atoms with E-state index in [2.05, 4.69) is 9.82 Å². The predicted molar refractivity (Wildman–Crippen MR) is 70.6 cm³/mol. The molecule has 3 N–H and O–H groups in total. The van der Waals surface area contributed by atoms with Crippen molar-refractivity contribution in [3.8, 4) is 0 Å². The molecule has 9 heteroatoms. The van der Waals surface area contributed by atoms with Gasteiger partial charge in [-0.05, 0) is 13.3 Å². The topological polar surface area (TPSA) is 122 Å². The van der Waals surface area contributed by atoms with Gasteiger partial charge in [0, 0.05) is 6.20 Å². The van der Waals surface area contributed by atoms with E-state index in [1.807, 2.05) is 0 Å². The van der Waals surface area contributed by atoms with E-state index < -0.39 is 21.5 Å². The molecule has 1 atom stereocenters. The zero-order valence-corrected chi connectivity index (χ0v) is 12.2. The standard InChI is InChI=1S/C11H19N3O5S/c1-3-11(2,8-15)13-20(18,19)9-6-12-14(7-9)5-4-10(16)17/h6-7,13,15H,3-5,8H2,1-2H3,(H,16,17). The molecule has 0 radical (unpaired) electrons. The molecular weight excluding hydrogens is 286 g/mol. The first kappa shape index (κ1) is 16.6. The second-order valence-corrected chi connectivity index (χ2v) is 6.44. The molecule has 8 nitrogen and oxygen atoms in total. The third kappa shape index (κ3) is 4.29. The Morgan fingerprint density at radius 1 is 1.55 bits per heavy atom. The highest BCUT2D eigenvalue weighted by Crippen LogP contribution is 2.15. The fourth-order valence-corrected chi connectivity index (χ4v) is 2.84. The number of aromatic nitrogens is 2. The summed E-state index contributed by atoms with van der Waals surface area (Å²) < 4.78 is 27.9. The Balaban J connectivity index is 2.86. The van der Waals surface area contributed by atoms with E-state index in [4.69, 9.17) is 5.11 Å². The number of rotatable bonds is 8. The number of carboxylic acid groups (broad SMARTS) is 1. The Morgan fingerprint density at radius 3 is 2.70 bits per heavy atom. The van der Waals surface area contributed by atoms with E-state index >= 15 is 0 Å². The minimum atomic E-state index is -3.80. The van der Waals surface area contributed by atoms with E-state index in [-0.39, 0.29) is 24.5 Å². The Hall–Kier alpha value is -1.45. The van der Waals surface area contributed by atoms with Crippen molar-refractivity contribution < 1.29 is 23.4 Å². The maximum absolute atomic E-state index is 12.1. The van der Waals surface area contributed by atoms with Gasteiger partial charge in [0.25, 0.3) is 0 Å². The Bertz CT molecular complexity index is 562. The summed E-state index contributed by atoms with van der Waals surface area (Å²) in [4.78, 5) is 10.4. The molecule has 1 heterocycles. The van der Waals surface area contributed by atoms with E-state index in [1.165, 1.54) is 10.9 Å². The molecule has 1 aromatic heterocycles. The van der Waals surface area contributed by atoms with Crippen LogP contribution < -0.4 is 4.72 Å². The van der Waals surface area contributed by atoms with Crippen LogP contribution in [0.3, 0.4) is 0 Å². The first-order chi connectivity index (χ1) is 9.22. The maximum Gasteiger partial charge on any atom is 0.305 e. The smallest absolute Gasteiger partial charge is 0.305 e. The first-order valence-corrected chi connectivity index (χ1v) is 7.60. The summed E-state index contributed by atoms with van der Waals surface area (Å²) in [5.74, 6) is -0.984. The molecule has 1 rings (SSSR count). The van der Waals surface area contributed by atoms with Crippen LogP contribution in [0.5, 0.6) is 0 Å². The summed E-state index contributed by atoms with van der Waals surface area (Å²) in [6.07, 6.45) is 2.70. The van der Waals surface area contributed by atoms with Crippen LogP contribution >= 0.6 is 0 Å². The van der Waals surface area contributed by atoms with Crippen molar-refractivity contribution in [2.24, 2.45) is 0 Å². The van der Waals surface area contributed by atoms with Gasteiger partial charge in [0.05, 0.1) is 31.3 Å². The van der Waals surface area contributed by atoms with E-state index in [0.717, 1.165) is 6.20 Å². The lowest BCUT2D eigenvalue weighted by atomic mass is 10.0. The molecule has 0 bridgehead atoms. The van der Waals surface area contributed by atoms with Crippen molar-refractivity contribution in [1.82, 2.24) is 14.5 Å². The molecule has 0 spiro atoms. The molecular formula is C11H19N3O5S. The van der Waals surface area contributed by atoms with Gasteiger partial charge >= 0.3 is 5.97 Å². The number of nitrogens with one attached hydrogen (secondary N) is 1. The third-order valence-electron chi connectivity index (χ3n) is 2.98. The largest absolute Gasteiger partial charge is 0.481 e. The molecule has 114 valence electrons. The van der Waals surface area contributed by atoms with Gasteiger partial charge in [0.15, 0.2) is 0 Å². The summed E-state index contributed by atoms with van der Waals surface area (Å²) in [5.41, 5.74) is -0.942. The average molecular weight is 305 g/mol. The highest BCUT2D eigenvalue weighted by atomic mass is 32.2. The number of nitrogens with zero attached hydrogens (tertiary/aromatic N) is 2. The van der Waals surface area contributed by atoms with Crippen molar-refractivity contribution >= 4 is 16.0 Å². The molecule has 0 aliphatic rings. The summed E-state index contributed by atoms with van der Waals surface area (Å²) in [6.45, 7) is 3.13. The number of aliphatic carboxylic acids is 1. The fourth-order valence-electron chi connectivity index (χ4n) is 1.42. The molecule has 0 aliphatic carbocycles. The van der Waals surface area contributed by atoms with E-state index in [1.54, 1.807) is 13.8 Å². The molecule has 0 saturated carbocycles. The minimum Gasteiger partial charge on any atom is -0.481 e. The van der Waals surface area contributed by atoms with Crippen LogP contribution in [0.1, 0.15) is 26.7 Å². The molecule has 1 aromatic rings. The molecule has 0 aliphatic heterocycles. The molecule has 0 amide bonds. The molecule has 1 unspecified atom stereocenters. The van der Waals surface area contributed by atoms with Gasteiger partial charge in [-0.3, -0.25) is 9.48 Å². The Labute approximate surface area is 117 Å². The van der Waals surface area contributed by atoms with Crippen molar-refractivity contribution in [1.29, 1.82) is 0 Å². The van der Waals surface area contributed by atoms with Crippen molar-refractivity contribution in [3.63, 3.8) is 0 Å². The average Bonchev–Trinajstić information content (AvgIpc) is 2.85. The zero-order valence-electron chi connectivity index (χ0n) is 11.4. The second-order valence-electron chi connectivity index (χ2n) is 4.76. The molecule has 0 fully saturated rings. The van der Waals surface area contributed by atoms with Crippen LogP contribution in [-0.2, 0) is 21.4 Å². The Morgan fingerprint density at radius 2 is 2.20 bits per heavy atom. The minimum absolute atomic E-state index is 0.0592. The number of aliphatic hydroxyl groups is 1. The van der Waals surface area contributed by atoms with Crippen LogP contribution in [-0.4, -0.2) is 46.5 Å². The molecule has 0 saturated heterocycles. The van der Waals surface area contributed by atoms with Gasteiger partial charge in [0.2, 0.25) is 10.0 Å². The number of sulfonamides is 1. The zero-order chi connectivity index (χ0) is 15.4. The van der Waals surface area contributed by atoms with Crippen LogP contribution in [0.4, 0.5) is 0 Å². The summed E-state index contributed by atoms with van der Waals surface area (Å²) in [7, 11) is -3.80. The van der Waals surface area contributed by atoms with Crippen LogP contribution in [0.15, 0.2) is 17.3 Å². The summed E-state index contributed by atoms with van der Waals surface area (Å²) >= 11 is 0. The van der Waals surface area contributed by atoms with Crippen LogP contribution in [0.2, 0.25) is 0 Å². The fraction of sp³-hybridized carbons (Fsp3) is 0.636. The third-order valence-corrected chi connectivity index (χ3v) is 4.58. The number of carboxylic acids is 1. The summed E-state index contributed by atoms with van der Waals surface area (Å²) in [5, 5.41) is 21.6. The van der Waals surface area contributed by atoms with Gasteiger partial charge in [-0.25, -0.2) is 13.1 Å². The van der Waals surface area contributed by atoms with Crippen LogP contribution in [0, 0.1) is 0 Å². The van der Waals surface area contributed by atoms with Crippen LogP contribution in [0.25, 0.3) is 0 Å². The van der Waals surface area contributed by atoms with E-state index in [0.29, 0.717) is 6.42 Å². The number of hydrogen-bond donors (Lipinski definition) is 3. The van der Waals surface area contributed by atoms with Gasteiger partial charge in [-0.15, -0.1) is 0 Å². The molecule has 20 heavy (non-hydrogen) atoms.